The van der Waals surface area contributed by atoms with Crippen molar-refractivity contribution < 1.29 is 51.5 Å². The second-order valence-electron chi connectivity index (χ2n) is 8.30. The number of ether oxygens (including phenoxy) is 4. The van der Waals surface area contributed by atoms with Gasteiger partial charge in [-0.25, -0.2) is 18.2 Å². The van der Waals surface area contributed by atoms with Crippen LogP contribution in [0.15, 0.2) is 32.9 Å². The Morgan fingerprint density at radius 1 is 1.10 bits per heavy atom. The van der Waals surface area contributed by atoms with Crippen molar-refractivity contribution in [2.75, 3.05) is 6.61 Å². The van der Waals surface area contributed by atoms with Gasteiger partial charge in [-0.15, -0.1) is 11.3 Å². The summed E-state index contributed by atoms with van der Waals surface area (Å²) in [6.45, 7) is 3.13. The summed E-state index contributed by atoms with van der Waals surface area (Å²) in [5, 5.41) is 5.65. The van der Waals surface area contributed by atoms with Crippen LogP contribution in [0.25, 0.3) is 0 Å². The van der Waals surface area contributed by atoms with Crippen LogP contribution in [-0.2, 0) is 33.3 Å². The molecule has 0 amide bonds. The van der Waals surface area contributed by atoms with Crippen LogP contribution < -0.4 is 10.8 Å². The Bertz CT molecular complexity index is 1300. The van der Waals surface area contributed by atoms with Crippen molar-refractivity contribution in [3.8, 4) is 0 Å². The number of hydrogen-bond donors (Lipinski definition) is 2. The highest BCUT2D eigenvalue weighted by molar-refractivity contribution is 8.01. The fourth-order valence-electron chi connectivity index (χ4n) is 3.74. The molecule has 1 aromatic carbocycles. The molecule has 1 saturated heterocycles. The number of benzene rings is 1. The summed E-state index contributed by atoms with van der Waals surface area (Å²) in [5.41, 5.74) is -1.39. The van der Waals surface area contributed by atoms with Crippen LogP contribution in [0, 0.1) is 17.5 Å². The normalized spacial score (nSPS) is 23.2. The molecule has 0 radical (unpaired) electrons. The van der Waals surface area contributed by atoms with Crippen molar-refractivity contribution in [2.45, 2.75) is 54.8 Å². The molecule has 3 N–H and O–H groups in total. The molecule has 16 heteroatoms. The predicted octanol–water partition coefficient (Wildman–Crippen LogP) is 1.95. The highest BCUT2D eigenvalue weighted by atomic mass is 35.5. The summed E-state index contributed by atoms with van der Waals surface area (Å²) >= 11 is 8.49. The van der Waals surface area contributed by atoms with Gasteiger partial charge in [-0.3, -0.25) is 14.4 Å². The zero-order valence-corrected chi connectivity index (χ0v) is 23.6. The first-order valence-electron chi connectivity index (χ1n) is 11.5. The Labute approximate surface area is 239 Å². The highest BCUT2D eigenvalue weighted by Crippen LogP contribution is 2.38. The predicted molar refractivity (Wildman–Crippen MR) is 139 cm³/mol. The van der Waals surface area contributed by atoms with Crippen LogP contribution in [0.4, 0.5) is 13.2 Å². The van der Waals surface area contributed by atoms with Crippen LogP contribution in [-0.4, -0.2) is 66.2 Å². The number of nitrogens with zero attached hydrogens (tertiary/aromatic N) is 1. The first kappa shape index (κ1) is 31.4. The summed E-state index contributed by atoms with van der Waals surface area (Å²) in [5.74, 6) is -1.25. The Balaban J connectivity index is 2.08. The highest BCUT2D eigenvalue weighted by Gasteiger charge is 2.54. The summed E-state index contributed by atoms with van der Waals surface area (Å²) in [4.78, 5) is 38.6. The molecular weight excluding hydrogens is 599 g/mol. The van der Waals surface area contributed by atoms with E-state index < -0.39 is 65.1 Å². The van der Waals surface area contributed by atoms with Gasteiger partial charge < -0.3 is 24.8 Å². The van der Waals surface area contributed by atoms with Gasteiger partial charge in [0.1, 0.15) is 12.7 Å². The molecule has 0 saturated carbocycles. The second-order valence-corrected chi connectivity index (χ2v) is 11.0. The van der Waals surface area contributed by atoms with Gasteiger partial charge in [-0.2, -0.15) is 5.10 Å². The molecule has 1 aliphatic heterocycles. The van der Waals surface area contributed by atoms with Crippen molar-refractivity contribution in [1.82, 2.24) is 0 Å². The fourth-order valence-corrected chi connectivity index (χ4v) is 6.24. The summed E-state index contributed by atoms with van der Waals surface area (Å²) in [7, 11) is 0. The average Bonchev–Trinajstić information content (AvgIpc) is 3.28. The molecule has 2 heterocycles. The van der Waals surface area contributed by atoms with Gasteiger partial charge in [0.15, 0.2) is 40.9 Å². The largest absolute Gasteiger partial charge is 0.463 e. The number of esters is 3. The van der Waals surface area contributed by atoms with E-state index in [1.54, 1.807) is 11.4 Å². The SMILES string of the molecule is CC(=O)OCC1O[C@H](Sc2cc(Cl)cs2)C(OC(C)=O)C([NH+]=CC(=NN)c2cc(F)c(F)c(F)c2)[C@H]1OC(C)=O. The maximum atomic E-state index is 13.9. The molecule has 1 aliphatic rings. The van der Waals surface area contributed by atoms with E-state index in [9.17, 15) is 27.6 Å². The van der Waals surface area contributed by atoms with E-state index in [0.29, 0.717) is 21.4 Å². The lowest BCUT2D eigenvalue weighted by atomic mass is 9.97. The van der Waals surface area contributed by atoms with Crippen molar-refractivity contribution in [2.24, 2.45) is 10.9 Å². The lowest BCUT2D eigenvalue weighted by molar-refractivity contribution is -0.536. The number of nitrogens with one attached hydrogen (secondary N) is 1. The molecule has 216 valence electrons. The smallest absolute Gasteiger partial charge is 0.303 e. The number of carbonyl (C=O) groups excluding carboxylic acids is 3. The number of rotatable bonds is 9. The maximum absolute atomic E-state index is 13.9. The minimum absolute atomic E-state index is 0.220. The van der Waals surface area contributed by atoms with Gasteiger partial charge >= 0.3 is 17.9 Å². The average molecular weight is 623 g/mol. The second kappa shape index (κ2) is 14.0. The summed E-state index contributed by atoms with van der Waals surface area (Å²) in [6.07, 6.45) is -2.31. The Hall–Kier alpha value is -3.14. The Morgan fingerprint density at radius 3 is 2.25 bits per heavy atom. The molecule has 10 nitrogen and oxygen atoms in total. The Morgan fingerprint density at radius 2 is 1.73 bits per heavy atom. The molecule has 1 fully saturated rings. The zero-order valence-electron chi connectivity index (χ0n) is 21.2. The van der Waals surface area contributed by atoms with Crippen molar-refractivity contribution in [3.63, 3.8) is 0 Å². The summed E-state index contributed by atoms with van der Waals surface area (Å²) < 4.78 is 64.2. The van der Waals surface area contributed by atoms with Crippen LogP contribution in [0.3, 0.4) is 0 Å². The number of hydrazone groups is 1. The molecule has 0 bridgehead atoms. The molecule has 0 spiro atoms. The monoisotopic (exact) mass is 622 g/mol. The van der Waals surface area contributed by atoms with E-state index in [1.165, 1.54) is 18.3 Å². The van der Waals surface area contributed by atoms with E-state index in [2.05, 4.69) is 10.1 Å². The van der Waals surface area contributed by atoms with E-state index in [0.717, 1.165) is 31.8 Å². The topological polar surface area (TPSA) is 140 Å². The van der Waals surface area contributed by atoms with Gasteiger partial charge in [-0.1, -0.05) is 23.4 Å². The Kier molecular flexibility index (Phi) is 11.0. The van der Waals surface area contributed by atoms with Gasteiger partial charge in [0.05, 0.1) is 9.23 Å². The zero-order chi connectivity index (χ0) is 29.6. The van der Waals surface area contributed by atoms with Gasteiger partial charge in [0, 0.05) is 31.7 Å². The minimum Gasteiger partial charge on any atom is -0.463 e. The van der Waals surface area contributed by atoms with Gasteiger partial charge in [0.25, 0.3) is 0 Å². The third-order valence-corrected chi connectivity index (χ3v) is 7.92. The fraction of sp³-hybridized carbons (Fsp3) is 0.375. The van der Waals surface area contributed by atoms with E-state index >= 15 is 0 Å². The number of halogens is 4. The molecule has 3 unspecified atom stereocenters. The number of thiophene rings is 1. The first-order valence-corrected chi connectivity index (χ1v) is 13.6. The molecule has 2 aromatic rings. The van der Waals surface area contributed by atoms with Gasteiger partial charge in [-0.05, 0) is 18.2 Å². The van der Waals surface area contributed by atoms with Crippen molar-refractivity contribution in [3.05, 3.63) is 51.6 Å². The van der Waals surface area contributed by atoms with Crippen molar-refractivity contribution >= 4 is 64.5 Å². The van der Waals surface area contributed by atoms with Crippen LogP contribution in [0.2, 0.25) is 5.02 Å². The molecule has 40 heavy (non-hydrogen) atoms. The lowest BCUT2D eigenvalue weighted by Gasteiger charge is -2.40. The quantitative estimate of drug-likeness (QED) is 0.107. The standard InChI is InChI=1S/C24H23ClF3N3O7S2/c1-10(32)35-8-18-22(36-11(2)33)21(30-7-17(31-29)13-4-15(26)20(28)16(27)5-13)23(37-12(3)34)24(38-18)40-19-6-14(25)9-39-19/h4-7,9,18,21-24H,8,29H2,1-3H3/p+1/t18?,21?,22-,23?,24+/m0/s1. The third kappa shape index (κ3) is 8.19. The number of hydrogen-bond acceptors (Lipinski definition) is 11. The van der Waals surface area contributed by atoms with E-state index in [-0.39, 0.29) is 17.9 Å². The van der Waals surface area contributed by atoms with Crippen LogP contribution >= 0.6 is 34.7 Å². The van der Waals surface area contributed by atoms with Crippen molar-refractivity contribution in [1.29, 1.82) is 0 Å². The summed E-state index contributed by atoms with van der Waals surface area (Å²) in [6, 6.07) is 1.93. The van der Waals surface area contributed by atoms with Crippen LogP contribution in [0.1, 0.15) is 26.3 Å². The minimum atomic E-state index is -1.68. The van der Waals surface area contributed by atoms with Gasteiger partial charge in [0.2, 0.25) is 12.1 Å². The van der Waals surface area contributed by atoms with Crippen LogP contribution in [0.5, 0.6) is 0 Å². The third-order valence-electron chi connectivity index (χ3n) is 5.31. The number of thioether (sulfide) groups is 1. The number of nitrogens with two attached hydrogens (primary N) is 1. The maximum Gasteiger partial charge on any atom is 0.303 e. The van der Waals surface area contributed by atoms with E-state index in [1.807, 2.05) is 0 Å². The molecular formula is C24H24ClF3N3O7S2+. The molecule has 1 aromatic heterocycles. The first-order chi connectivity index (χ1) is 18.9. The molecule has 3 rings (SSSR count). The molecule has 0 aliphatic carbocycles. The number of carbonyl (C=O) groups is 3. The molecule has 5 atom stereocenters. The van der Waals surface area contributed by atoms with E-state index in [4.69, 9.17) is 36.4 Å². The lowest BCUT2D eigenvalue weighted by Crippen LogP contribution is -2.88.